The number of nitrogens with one attached hydrogen (secondary N) is 1. The summed E-state index contributed by atoms with van der Waals surface area (Å²) in [6.07, 6.45) is 0. The Labute approximate surface area is 233 Å². The van der Waals surface area contributed by atoms with Gasteiger partial charge in [0.15, 0.2) is 0 Å². The molecule has 4 nitrogen and oxygen atoms in total. The van der Waals surface area contributed by atoms with Crippen LogP contribution in [0.15, 0.2) is 77.7 Å². The molecule has 0 saturated heterocycles. The van der Waals surface area contributed by atoms with E-state index in [1.807, 2.05) is 37.3 Å². The molecular formula is C32H31ClN2O2S. The van der Waals surface area contributed by atoms with Gasteiger partial charge in [-0.2, -0.15) is 0 Å². The van der Waals surface area contributed by atoms with E-state index in [1.54, 1.807) is 29.2 Å². The summed E-state index contributed by atoms with van der Waals surface area (Å²) < 4.78 is 0. The lowest BCUT2D eigenvalue weighted by Gasteiger charge is -2.38. The molecular weight excluding hydrogens is 512 g/mol. The summed E-state index contributed by atoms with van der Waals surface area (Å²) in [7, 11) is 0. The lowest BCUT2D eigenvalue weighted by molar-refractivity contribution is -0.119. The van der Waals surface area contributed by atoms with E-state index in [-0.39, 0.29) is 11.8 Å². The molecule has 1 N–H and O–H groups in total. The van der Waals surface area contributed by atoms with Crippen LogP contribution in [0.25, 0.3) is 11.1 Å². The topological polar surface area (TPSA) is 49.4 Å². The SMILES string of the molecule is Cc1cc(NC(=O)C2(C)CSc3ccccc3C(=O)N2c2ccc(Cl)cc2)c2c(C)ccc(C(C)C)cc1-2. The Morgan fingerprint density at radius 3 is 2.39 bits per heavy atom. The number of benzene rings is 2. The first-order chi connectivity index (χ1) is 18.1. The van der Waals surface area contributed by atoms with Crippen LogP contribution in [-0.2, 0) is 4.79 Å². The predicted molar refractivity (Wildman–Crippen MR) is 159 cm³/mol. The molecule has 0 saturated carbocycles. The molecule has 0 fully saturated rings. The van der Waals surface area contributed by atoms with Crippen molar-refractivity contribution < 1.29 is 9.59 Å². The van der Waals surface area contributed by atoms with Gasteiger partial charge in [-0.15, -0.1) is 11.8 Å². The molecule has 0 bridgehead atoms. The highest BCUT2D eigenvalue weighted by atomic mass is 35.5. The second kappa shape index (κ2) is 10.1. The van der Waals surface area contributed by atoms with E-state index in [4.69, 9.17) is 11.6 Å². The number of anilines is 2. The number of hydrogen-bond donors (Lipinski definition) is 1. The van der Waals surface area contributed by atoms with E-state index in [1.165, 1.54) is 17.3 Å². The fourth-order valence-corrected chi connectivity index (χ4v) is 6.42. The van der Waals surface area contributed by atoms with Crippen molar-refractivity contribution in [3.63, 3.8) is 0 Å². The number of carbonyl (C=O) groups is 2. The van der Waals surface area contributed by atoms with Gasteiger partial charge in [0, 0.05) is 32.6 Å². The lowest BCUT2D eigenvalue weighted by atomic mass is 9.97. The number of aryl methyl sites for hydroxylation is 2. The van der Waals surface area contributed by atoms with Crippen LogP contribution in [0, 0.1) is 13.8 Å². The van der Waals surface area contributed by atoms with Gasteiger partial charge in [0.2, 0.25) is 0 Å². The van der Waals surface area contributed by atoms with Gasteiger partial charge in [-0.05, 0) is 91.4 Å². The van der Waals surface area contributed by atoms with Crippen LogP contribution in [0.4, 0.5) is 11.4 Å². The third kappa shape index (κ3) is 4.59. The van der Waals surface area contributed by atoms with Crippen molar-refractivity contribution in [1.29, 1.82) is 0 Å². The van der Waals surface area contributed by atoms with E-state index < -0.39 is 5.54 Å². The van der Waals surface area contributed by atoms with Crippen LogP contribution in [0.1, 0.15) is 53.7 Å². The minimum atomic E-state index is -1.17. The molecule has 0 radical (unpaired) electrons. The Morgan fingerprint density at radius 1 is 0.974 bits per heavy atom. The van der Waals surface area contributed by atoms with E-state index in [0.29, 0.717) is 27.9 Å². The Balaban J connectivity index is 1.59. The molecule has 38 heavy (non-hydrogen) atoms. The number of hydrogen-bond acceptors (Lipinski definition) is 3. The van der Waals surface area contributed by atoms with E-state index in [0.717, 1.165) is 32.8 Å². The minimum absolute atomic E-state index is 0.210. The summed E-state index contributed by atoms with van der Waals surface area (Å²) in [5.74, 6) is 0.340. The van der Waals surface area contributed by atoms with Gasteiger partial charge >= 0.3 is 0 Å². The number of rotatable bonds is 4. The lowest BCUT2D eigenvalue weighted by Crippen LogP contribution is -2.58. The molecule has 2 aromatic carbocycles. The first-order valence-corrected chi connectivity index (χ1v) is 14.1. The summed E-state index contributed by atoms with van der Waals surface area (Å²) in [5.41, 5.74) is 6.42. The number of halogens is 1. The van der Waals surface area contributed by atoms with Crippen LogP contribution in [0.3, 0.4) is 0 Å². The number of thioether (sulfide) groups is 1. The summed E-state index contributed by atoms with van der Waals surface area (Å²) in [6.45, 7) is 10.4. The molecule has 1 unspecified atom stereocenters. The molecule has 1 heterocycles. The van der Waals surface area contributed by atoms with Gasteiger partial charge in [0.1, 0.15) is 5.54 Å². The van der Waals surface area contributed by atoms with Gasteiger partial charge in [-0.1, -0.05) is 55.8 Å². The predicted octanol–water partition coefficient (Wildman–Crippen LogP) is 8.33. The van der Waals surface area contributed by atoms with Gasteiger partial charge in [0.25, 0.3) is 11.8 Å². The smallest absolute Gasteiger partial charge is 0.260 e. The normalized spacial score (nSPS) is 17.4. The molecule has 2 aromatic rings. The third-order valence-electron chi connectivity index (χ3n) is 7.37. The van der Waals surface area contributed by atoms with E-state index >= 15 is 0 Å². The highest BCUT2D eigenvalue weighted by Gasteiger charge is 2.46. The molecule has 2 amide bonds. The molecule has 1 aliphatic heterocycles. The van der Waals surface area contributed by atoms with Crippen molar-refractivity contribution in [2.75, 3.05) is 16.0 Å². The van der Waals surface area contributed by atoms with Crippen LogP contribution < -0.4 is 10.2 Å². The molecule has 5 rings (SSSR count). The number of nitrogens with zero attached hydrogens (tertiary/aromatic N) is 1. The van der Waals surface area contributed by atoms with Crippen LogP contribution in [0.5, 0.6) is 0 Å². The Bertz CT molecular complexity index is 1510. The molecule has 0 spiro atoms. The fraction of sp³-hybridized carbons (Fsp3) is 0.250. The summed E-state index contributed by atoms with van der Waals surface area (Å²) in [5, 5.41) is 3.80. The number of carbonyl (C=O) groups excluding carboxylic acids is 2. The fourth-order valence-electron chi connectivity index (χ4n) is 5.11. The zero-order valence-electron chi connectivity index (χ0n) is 22.3. The van der Waals surface area contributed by atoms with Crippen molar-refractivity contribution >= 4 is 46.6 Å². The molecule has 6 heteroatoms. The van der Waals surface area contributed by atoms with Gasteiger partial charge in [-0.25, -0.2) is 0 Å². The van der Waals surface area contributed by atoms with Crippen molar-refractivity contribution in [3.8, 4) is 11.1 Å². The van der Waals surface area contributed by atoms with Crippen molar-refractivity contribution in [3.05, 3.63) is 100 Å². The summed E-state index contributed by atoms with van der Waals surface area (Å²) in [4.78, 5) is 30.8. The Morgan fingerprint density at radius 2 is 1.68 bits per heavy atom. The average Bonchev–Trinajstić information content (AvgIpc) is 3.01. The molecule has 0 aromatic heterocycles. The maximum absolute atomic E-state index is 14.3. The van der Waals surface area contributed by atoms with Crippen molar-refractivity contribution in [2.45, 2.75) is 51.0 Å². The molecule has 2 aliphatic carbocycles. The second-order valence-corrected chi connectivity index (χ2v) is 11.9. The van der Waals surface area contributed by atoms with E-state index in [2.05, 4.69) is 51.2 Å². The minimum Gasteiger partial charge on any atom is -0.323 e. The average molecular weight is 543 g/mol. The highest BCUT2D eigenvalue weighted by molar-refractivity contribution is 7.99. The highest BCUT2D eigenvalue weighted by Crippen LogP contribution is 2.42. The standard InChI is InChI=1S/C32H31ClN2O2S/c1-19(2)22-11-10-20(3)29-26(17-22)21(4)16-27(29)34-31(37)32(5)18-38-28-9-7-6-8-25(28)30(36)35(32)24-14-12-23(33)13-15-24/h6-17,19H,18H2,1-5H3,(H,34,37). The Kier molecular flexibility index (Phi) is 7.01. The van der Waals surface area contributed by atoms with Crippen molar-refractivity contribution in [2.24, 2.45) is 0 Å². The maximum Gasteiger partial charge on any atom is 0.260 e. The zero-order valence-corrected chi connectivity index (χ0v) is 23.8. The van der Waals surface area contributed by atoms with Gasteiger partial charge in [0.05, 0.1) is 5.56 Å². The van der Waals surface area contributed by atoms with Crippen LogP contribution in [0.2, 0.25) is 5.02 Å². The van der Waals surface area contributed by atoms with Crippen LogP contribution in [-0.4, -0.2) is 23.1 Å². The first-order valence-electron chi connectivity index (χ1n) is 12.8. The maximum atomic E-state index is 14.3. The summed E-state index contributed by atoms with van der Waals surface area (Å²) >= 11 is 7.70. The first kappa shape index (κ1) is 26.3. The zero-order chi connectivity index (χ0) is 27.2. The monoisotopic (exact) mass is 542 g/mol. The Hall–Kier alpha value is -3.28. The molecule has 194 valence electrons. The largest absolute Gasteiger partial charge is 0.323 e. The molecule has 3 aliphatic rings. The molecule has 1 atom stereocenters. The third-order valence-corrected chi connectivity index (χ3v) is 8.99. The van der Waals surface area contributed by atoms with Crippen molar-refractivity contribution in [1.82, 2.24) is 0 Å². The quantitative estimate of drug-likeness (QED) is 0.282. The number of amides is 2. The van der Waals surface area contributed by atoms with Crippen LogP contribution >= 0.6 is 23.4 Å². The number of fused-ring (bicyclic) bond motifs is 2. The summed E-state index contributed by atoms with van der Waals surface area (Å²) in [6, 6.07) is 23.2. The van der Waals surface area contributed by atoms with Gasteiger partial charge in [-0.3, -0.25) is 14.5 Å². The van der Waals surface area contributed by atoms with Gasteiger partial charge < -0.3 is 5.32 Å². The van der Waals surface area contributed by atoms with E-state index in [9.17, 15) is 9.59 Å². The second-order valence-electron chi connectivity index (χ2n) is 10.5.